The quantitative estimate of drug-likeness (QED) is 0.529. The summed E-state index contributed by atoms with van der Waals surface area (Å²) in [4.78, 5) is 16.7. The molecule has 1 aliphatic rings. The Morgan fingerprint density at radius 3 is 2.21 bits per heavy atom. The van der Waals surface area contributed by atoms with Crippen LogP contribution in [0.5, 0.6) is 0 Å². The van der Waals surface area contributed by atoms with E-state index >= 15 is 0 Å². The van der Waals surface area contributed by atoms with Gasteiger partial charge < -0.3 is 4.90 Å². The molecular weight excluding hydrogens is 442 g/mol. The van der Waals surface area contributed by atoms with Gasteiger partial charge in [-0.25, -0.2) is 26.6 Å². The average molecular weight is 454 g/mol. The summed E-state index contributed by atoms with van der Waals surface area (Å²) in [5.74, 6) is -5.59. The topological polar surface area (TPSA) is 70.6 Å². The van der Waals surface area contributed by atoms with Gasteiger partial charge in [-0.3, -0.25) is 4.79 Å². The number of amides is 1. The Kier molecular flexibility index (Phi) is 5.85. The van der Waals surface area contributed by atoms with E-state index in [1.807, 2.05) is 0 Å². The number of benzene rings is 1. The predicted octanol–water partition coefficient (Wildman–Crippen LogP) is 2.95. The monoisotopic (exact) mass is 453 g/mol. The Hall–Kier alpha value is -1.88. The van der Waals surface area contributed by atoms with Crippen molar-refractivity contribution >= 4 is 39.1 Å². The number of halogens is 5. The first-order valence-corrected chi connectivity index (χ1v) is 10.1. The molecule has 0 N–H and O–H groups in total. The molecule has 0 bridgehead atoms. The molecule has 1 aromatic heterocycles. The number of sulfonamides is 1. The summed E-state index contributed by atoms with van der Waals surface area (Å²) in [6, 6.07) is 4.01. The molecule has 0 atom stereocenters. The zero-order chi connectivity index (χ0) is 20.6. The number of hydrogen-bond acceptors (Lipinski definition) is 4. The van der Waals surface area contributed by atoms with Crippen LogP contribution in [0.3, 0.4) is 0 Å². The van der Waals surface area contributed by atoms with Gasteiger partial charge in [-0.1, -0.05) is 23.2 Å². The fourth-order valence-electron chi connectivity index (χ4n) is 2.72. The third kappa shape index (κ3) is 3.82. The Labute approximate surface area is 168 Å². The van der Waals surface area contributed by atoms with Gasteiger partial charge in [0.1, 0.15) is 15.2 Å². The smallest absolute Gasteiger partial charge is 0.257 e. The van der Waals surface area contributed by atoms with Crippen molar-refractivity contribution in [2.24, 2.45) is 0 Å². The molecule has 1 aliphatic heterocycles. The first kappa shape index (κ1) is 20.8. The van der Waals surface area contributed by atoms with Crippen LogP contribution in [0, 0.1) is 17.5 Å². The first-order chi connectivity index (χ1) is 13.1. The van der Waals surface area contributed by atoms with Crippen LogP contribution in [0.25, 0.3) is 0 Å². The van der Waals surface area contributed by atoms with E-state index in [1.165, 1.54) is 17.0 Å². The van der Waals surface area contributed by atoms with E-state index in [0.717, 1.165) is 4.31 Å². The highest BCUT2D eigenvalue weighted by molar-refractivity contribution is 7.89. The van der Waals surface area contributed by atoms with Gasteiger partial charge in [0.2, 0.25) is 10.0 Å². The summed E-state index contributed by atoms with van der Waals surface area (Å²) >= 11 is 11.6. The third-order valence-corrected chi connectivity index (χ3v) is 6.60. The minimum Gasteiger partial charge on any atom is -0.336 e. The van der Waals surface area contributed by atoms with Crippen LogP contribution in [-0.2, 0) is 10.0 Å². The lowest BCUT2D eigenvalue weighted by molar-refractivity contribution is 0.0697. The van der Waals surface area contributed by atoms with Crippen molar-refractivity contribution in [1.29, 1.82) is 0 Å². The molecule has 0 aliphatic carbocycles. The maximum absolute atomic E-state index is 13.9. The molecule has 12 heteroatoms. The van der Waals surface area contributed by atoms with Crippen LogP contribution < -0.4 is 0 Å². The Morgan fingerprint density at radius 1 is 0.964 bits per heavy atom. The third-order valence-electron chi connectivity index (χ3n) is 4.19. The van der Waals surface area contributed by atoms with Crippen LogP contribution >= 0.6 is 23.2 Å². The first-order valence-electron chi connectivity index (χ1n) is 7.88. The van der Waals surface area contributed by atoms with E-state index in [9.17, 15) is 26.4 Å². The number of pyridine rings is 1. The lowest BCUT2D eigenvalue weighted by atomic mass is 10.2. The minimum atomic E-state index is -4.40. The number of nitrogens with zero attached hydrogens (tertiary/aromatic N) is 3. The molecule has 0 radical (unpaired) electrons. The summed E-state index contributed by atoms with van der Waals surface area (Å²) in [7, 11) is -4.40. The number of rotatable bonds is 3. The van der Waals surface area contributed by atoms with E-state index in [-0.39, 0.29) is 42.0 Å². The van der Waals surface area contributed by atoms with Crippen molar-refractivity contribution in [2.75, 3.05) is 26.2 Å². The van der Waals surface area contributed by atoms with Crippen molar-refractivity contribution < 1.29 is 26.4 Å². The highest BCUT2D eigenvalue weighted by Crippen LogP contribution is 2.25. The van der Waals surface area contributed by atoms with Gasteiger partial charge in [-0.2, -0.15) is 4.31 Å². The molecule has 1 saturated heterocycles. The molecule has 2 heterocycles. The van der Waals surface area contributed by atoms with E-state index < -0.39 is 38.3 Å². The molecular formula is C16H12Cl2F3N3O3S. The second-order valence-corrected chi connectivity index (χ2v) is 8.49. The predicted molar refractivity (Wildman–Crippen MR) is 95.2 cm³/mol. The van der Waals surface area contributed by atoms with Crippen molar-refractivity contribution in [3.63, 3.8) is 0 Å². The maximum Gasteiger partial charge on any atom is 0.257 e. The van der Waals surface area contributed by atoms with E-state index in [1.54, 1.807) is 0 Å². The molecule has 1 fully saturated rings. The number of carbonyl (C=O) groups excluding carboxylic acids is 1. The Bertz CT molecular complexity index is 1040. The van der Waals surface area contributed by atoms with E-state index in [2.05, 4.69) is 4.98 Å². The van der Waals surface area contributed by atoms with Gasteiger partial charge in [0.05, 0.1) is 5.56 Å². The van der Waals surface area contributed by atoms with Gasteiger partial charge in [0.25, 0.3) is 5.91 Å². The molecule has 0 spiro atoms. The van der Waals surface area contributed by atoms with Gasteiger partial charge in [0, 0.05) is 26.2 Å². The summed E-state index contributed by atoms with van der Waals surface area (Å²) in [6.45, 7) is -0.346. The van der Waals surface area contributed by atoms with Crippen LogP contribution in [0.4, 0.5) is 13.2 Å². The van der Waals surface area contributed by atoms with Crippen LogP contribution in [0.1, 0.15) is 10.4 Å². The Balaban J connectivity index is 1.76. The molecule has 1 amide bonds. The molecule has 150 valence electrons. The summed E-state index contributed by atoms with van der Waals surface area (Å²) in [5, 5.41) is 0.0300. The lowest BCUT2D eigenvalue weighted by Gasteiger charge is -2.34. The van der Waals surface area contributed by atoms with Crippen molar-refractivity contribution in [3.8, 4) is 0 Å². The fraction of sp³-hybridized carbons (Fsp3) is 0.250. The van der Waals surface area contributed by atoms with Gasteiger partial charge in [-0.05, 0) is 24.3 Å². The molecule has 1 aromatic carbocycles. The number of aromatic nitrogens is 1. The lowest BCUT2D eigenvalue weighted by Crippen LogP contribution is -2.50. The van der Waals surface area contributed by atoms with E-state index in [4.69, 9.17) is 23.2 Å². The molecule has 2 aromatic rings. The average Bonchev–Trinajstić information content (AvgIpc) is 2.65. The van der Waals surface area contributed by atoms with Crippen LogP contribution in [0.15, 0.2) is 29.2 Å². The summed E-state index contributed by atoms with van der Waals surface area (Å²) < 4.78 is 66.4. The second kappa shape index (κ2) is 7.86. The minimum absolute atomic E-state index is 0.0116. The van der Waals surface area contributed by atoms with Crippen molar-refractivity contribution in [1.82, 2.24) is 14.2 Å². The molecule has 0 saturated carbocycles. The molecule has 28 heavy (non-hydrogen) atoms. The second-order valence-electron chi connectivity index (χ2n) is 5.84. The van der Waals surface area contributed by atoms with Crippen molar-refractivity contribution in [3.05, 3.63) is 57.6 Å². The van der Waals surface area contributed by atoms with Crippen LogP contribution in [0.2, 0.25) is 10.3 Å². The number of piperazine rings is 1. The fourth-order valence-corrected chi connectivity index (χ4v) is 4.62. The van der Waals surface area contributed by atoms with Crippen LogP contribution in [-0.4, -0.2) is 54.7 Å². The summed E-state index contributed by atoms with van der Waals surface area (Å²) in [5.41, 5.74) is 0.106. The standard InChI is InChI=1S/C16H12Cl2F3N3O3S/c17-12-4-1-9(15(18)22-12)16(25)23-5-7-24(8-6-23)28(26,27)11-3-2-10(19)13(20)14(11)21/h1-4H,5-8H2. The number of hydrogen-bond donors (Lipinski definition) is 0. The zero-order valence-corrected chi connectivity index (χ0v) is 16.3. The SMILES string of the molecule is O=C(c1ccc(Cl)nc1Cl)N1CCN(S(=O)(=O)c2ccc(F)c(F)c2F)CC1. The van der Waals surface area contributed by atoms with Crippen molar-refractivity contribution in [2.45, 2.75) is 4.90 Å². The normalized spacial score (nSPS) is 15.7. The summed E-state index contributed by atoms with van der Waals surface area (Å²) in [6.07, 6.45) is 0. The highest BCUT2D eigenvalue weighted by atomic mass is 35.5. The number of carbonyl (C=O) groups is 1. The molecule has 6 nitrogen and oxygen atoms in total. The molecule has 0 unspecified atom stereocenters. The maximum atomic E-state index is 13.9. The highest BCUT2D eigenvalue weighted by Gasteiger charge is 2.34. The zero-order valence-electron chi connectivity index (χ0n) is 14.0. The van der Waals surface area contributed by atoms with Gasteiger partial charge in [0.15, 0.2) is 17.5 Å². The van der Waals surface area contributed by atoms with E-state index in [0.29, 0.717) is 12.1 Å². The Morgan fingerprint density at radius 2 is 1.61 bits per heavy atom. The molecule has 3 rings (SSSR count). The largest absolute Gasteiger partial charge is 0.336 e. The van der Waals surface area contributed by atoms with Gasteiger partial charge >= 0.3 is 0 Å². The van der Waals surface area contributed by atoms with Gasteiger partial charge in [-0.15, -0.1) is 0 Å².